The standard InChI is InChI=1S/C25H32Cl2N2O4S/c1-17(2)13-24(18-7-10-22(33-3)11-8-18)28-25(30)19-5-4-12-29(15-19)34(31,32)16-20-6-9-21(26)14-23(20)27/h6-11,14,17,19,24H,4-5,12-13,15-16H2,1-3H3,(H,28,30)/t19-,24+/m0/s1. The van der Waals surface area contributed by atoms with Crippen molar-refractivity contribution < 1.29 is 17.9 Å². The zero-order valence-corrected chi connectivity index (χ0v) is 22.1. The molecule has 2 aromatic carbocycles. The summed E-state index contributed by atoms with van der Waals surface area (Å²) in [4.78, 5) is 13.2. The van der Waals surface area contributed by atoms with Crippen molar-refractivity contribution in [2.24, 2.45) is 11.8 Å². The van der Waals surface area contributed by atoms with Crippen molar-refractivity contribution in [3.8, 4) is 5.75 Å². The van der Waals surface area contributed by atoms with Gasteiger partial charge >= 0.3 is 0 Å². The zero-order chi connectivity index (χ0) is 24.9. The third kappa shape index (κ3) is 7.11. The summed E-state index contributed by atoms with van der Waals surface area (Å²) in [6, 6.07) is 12.3. The van der Waals surface area contributed by atoms with E-state index in [1.165, 1.54) is 10.4 Å². The quantitative estimate of drug-likeness (QED) is 0.471. The summed E-state index contributed by atoms with van der Waals surface area (Å²) in [7, 11) is -2.02. The van der Waals surface area contributed by atoms with Gasteiger partial charge in [0.25, 0.3) is 0 Å². The third-order valence-electron chi connectivity index (χ3n) is 6.04. The van der Waals surface area contributed by atoms with Crippen LogP contribution in [0.1, 0.15) is 50.3 Å². The van der Waals surface area contributed by atoms with E-state index in [4.69, 9.17) is 27.9 Å². The number of carbonyl (C=O) groups excluding carboxylic acids is 1. The van der Waals surface area contributed by atoms with Gasteiger partial charge in [0, 0.05) is 23.1 Å². The number of nitrogens with zero attached hydrogens (tertiary/aromatic N) is 1. The maximum atomic E-state index is 13.2. The lowest BCUT2D eigenvalue weighted by molar-refractivity contribution is -0.127. The first-order chi connectivity index (χ1) is 16.1. The first kappa shape index (κ1) is 26.8. The van der Waals surface area contributed by atoms with Gasteiger partial charge in [0.15, 0.2) is 0 Å². The molecule has 9 heteroatoms. The lowest BCUT2D eigenvalue weighted by atomic mass is 9.94. The second-order valence-electron chi connectivity index (χ2n) is 9.15. The normalized spacial score (nSPS) is 18.0. The van der Waals surface area contributed by atoms with Crippen molar-refractivity contribution in [3.05, 3.63) is 63.6 Å². The molecule has 1 saturated heterocycles. The number of rotatable bonds is 9. The summed E-state index contributed by atoms with van der Waals surface area (Å²) in [5.74, 6) is 0.383. The maximum Gasteiger partial charge on any atom is 0.224 e. The van der Waals surface area contributed by atoms with Crippen LogP contribution in [0.4, 0.5) is 0 Å². The second kappa shape index (κ2) is 11.8. The molecule has 0 unspecified atom stereocenters. The molecule has 0 radical (unpaired) electrons. The van der Waals surface area contributed by atoms with E-state index in [2.05, 4.69) is 19.2 Å². The summed E-state index contributed by atoms with van der Waals surface area (Å²) in [5, 5.41) is 3.94. The molecule has 1 aliphatic heterocycles. The Balaban J connectivity index is 1.70. The Morgan fingerprint density at radius 3 is 2.50 bits per heavy atom. The Morgan fingerprint density at radius 2 is 1.88 bits per heavy atom. The molecule has 1 fully saturated rings. The highest BCUT2D eigenvalue weighted by Gasteiger charge is 2.33. The maximum absolute atomic E-state index is 13.2. The fourth-order valence-electron chi connectivity index (χ4n) is 4.21. The first-order valence-electron chi connectivity index (χ1n) is 11.4. The SMILES string of the molecule is COc1ccc([C@@H](CC(C)C)NC(=O)[C@H]2CCCN(S(=O)(=O)Cc3ccc(Cl)cc3Cl)C2)cc1. The van der Waals surface area contributed by atoms with Crippen LogP contribution in [-0.2, 0) is 20.6 Å². The van der Waals surface area contributed by atoms with Crippen LogP contribution in [-0.4, -0.2) is 38.8 Å². The van der Waals surface area contributed by atoms with Crippen LogP contribution in [0.5, 0.6) is 5.75 Å². The van der Waals surface area contributed by atoms with Crippen LogP contribution in [0.25, 0.3) is 0 Å². The van der Waals surface area contributed by atoms with Gasteiger partial charge in [-0.2, -0.15) is 0 Å². The lowest BCUT2D eigenvalue weighted by Crippen LogP contribution is -2.46. The molecule has 2 aromatic rings. The number of amides is 1. The van der Waals surface area contributed by atoms with Gasteiger partial charge in [0.05, 0.1) is 24.8 Å². The summed E-state index contributed by atoms with van der Waals surface area (Å²) in [6.45, 7) is 4.78. The fraction of sp³-hybridized carbons (Fsp3) is 0.480. The number of nitrogens with one attached hydrogen (secondary N) is 1. The molecule has 2 atom stereocenters. The van der Waals surface area contributed by atoms with Gasteiger partial charge in [0.2, 0.25) is 15.9 Å². The average Bonchev–Trinajstić information content (AvgIpc) is 2.80. The van der Waals surface area contributed by atoms with Gasteiger partial charge in [-0.1, -0.05) is 55.2 Å². The highest BCUT2D eigenvalue weighted by Crippen LogP contribution is 2.28. The summed E-state index contributed by atoms with van der Waals surface area (Å²) >= 11 is 12.1. The Labute approximate surface area is 212 Å². The molecular formula is C25H32Cl2N2O4S. The van der Waals surface area contributed by atoms with E-state index >= 15 is 0 Å². The van der Waals surface area contributed by atoms with Gasteiger partial charge in [-0.3, -0.25) is 4.79 Å². The fourth-order valence-corrected chi connectivity index (χ4v) is 6.41. The van der Waals surface area contributed by atoms with Crippen molar-refractivity contribution in [3.63, 3.8) is 0 Å². The van der Waals surface area contributed by atoms with E-state index in [0.29, 0.717) is 40.9 Å². The van der Waals surface area contributed by atoms with Gasteiger partial charge in [-0.15, -0.1) is 0 Å². The molecule has 1 N–H and O–H groups in total. The van der Waals surface area contributed by atoms with E-state index in [0.717, 1.165) is 17.7 Å². The number of halogens is 2. The van der Waals surface area contributed by atoms with E-state index in [1.54, 1.807) is 19.2 Å². The number of methoxy groups -OCH3 is 1. The van der Waals surface area contributed by atoms with Crippen LogP contribution < -0.4 is 10.1 Å². The molecular weight excluding hydrogens is 495 g/mol. The Morgan fingerprint density at radius 1 is 1.18 bits per heavy atom. The number of hydrogen-bond donors (Lipinski definition) is 1. The molecule has 1 heterocycles. The van der Waals surface area contributed by atoms with E-state index in [1.807, 2.05) is 24.3 Å². The number of benzene rings is 2. The smallest absolute Gasteiger partial charge is 0.224 e. The molecule has 0 spiro atoms. The first-order valence-corrected chi connectivity index (χ1v) is 13.8. The van der Waals surface area contributed by atoms with Gasteiger partial charge in [-0.25, -0.2) is 12.7 Å². The minimum absolute atomic E-state index is 0.120. The highest BCUT2D eigenvalue weighted by molar-refractivity contribution is 7.88. The van der Waals surface area contributed by atoms with Crippen LogP contribution >= 0.6 is 23.2 Å². The minimum Gasteiger partial charge on any atom is -0.497 e. The topological polar surface area (TPSA) is 75.7 Å². The molecule has 3 rings (SSSR count). The minimum atomic E-state index is -3.63. The average molecular weight is 528 g/mol. The summed E-state index contributed by atoms with van der Waals surface area (Å²) in [6.07, 6.45) is 2.06. The number of ether oxygens (including phenoxy) is 1. The molecule has 1 aliphatic rings. The number of piperidine rings is 1. The molecule has 6 nitrogen and oxygen atoms in total. The summed E-state index contributed by atoms with van der Waals surface area (Å²) in [5.41, 5.74) is 1.50. The van der Waals surface area contributed by atoms with Crippen molar-refractivity contribution in [2.75, 3.05) is 20.2 Å². The Bertz CT molecular complexity index is 1090. The number of sulfonamides is 1. The van der Waals surface area contributed by atoms with Gasteiger partial charge < -0.3 is 10.1 Å². The van der Waals surface area contributed by atoms with Crippen LogP contribution in [0.15, 0.2) is 42.5 Å². The van der Waals surface area contributed by atoms with Crippen LogP contribution in [0, 0.1) is 11.8 Å². The lowest BCUT2D eigenvalue weighted by Gasteiger charge is -2.32. The van der Waals surface area contributed by atoms with Crippen LogP contribution in [0.2, 0.25) is 10.0 Å². The van der Waals surface area contributed by atoms with Crippen molar-refractivity contribution in [2.45, 2.75) is 44.9 Å². The monoisotopic (exact) mass is 526 g/mol. The molecule has 34 heavy (non-hydrogen) atoms. The molecule has 1 amide bonds. The van der Waals surface area contributed by atoms with Crippen LogP contribution in [0.3, 0.4) is 0 Å². The molecule has 0 saturated carbocycles. The molecule has 0 aromatic heterocycles. The Hall–Kier alpha value is -1.80. The number of hydrogen-bond acceptors (Lipinski definition) is 4. The Kier molecular flexibility index (Phi) is 9.27. The van der Waals surface area contributed by atoms with E-state index in [9.17, 15) is 13.2 Å². The molecule has 0 aliphatic carbocycles. The predicted molar refractivity (Wildman–Crippen MR) is 137 cm³/mol. The van der Waals surface area contributed by atoms with Gasteiger partial charge in [0.1, 0.15) is 5.75 Å². The predicted octanol–water partition coefficient (Wildman–Crippen LogP) is 5.45. The third-order valence-corrected chi connectivity index (χ3v) is 8.42. The van der Waals surface area contributed by atoms with E-state index in [-0.39, 0.29) is 24.2 Å². The second-order valence-corrected chi connectivity index (χ2v) is 12.0. The van der Waals surface area contributed by atoms with E-state index < -0.39 is 15.9 Å². The summed E-state index contributed by atoms with van der Waals surface area (Å²) < 4.78 is 32.9. The molecule has 0 bridgehead atoms. The zero-order valence-electron chi connectivity index (χ0n) is 19.8. The van der Waals surface area contributed by atoms with Crippen molar-refractivity contribution >= 4 is 39.1 Å². The molecule has 186 valence electrons. The van der Waals surface area contributed by atoms with Crippen molar-refractivity contribution in [1.82, 2.24) is 9.62 Å². The highest BCUT2D eigenvalue weighted by atomic mass is 35.5. The van der Waals surface area contributed by atoms with Crippen molar-refractivity contribution in [1.29, 1.82) is 0 Å². The number of carbonyl (C=O) groups is 1. The largest absolute Gasteiger partial charge is 0.497 e. The van der Waals surface area contributed by atoms with Gasteiger partial charge in [-0.05, 0) is 60.6 Å².